The Morgan fingerprint density at radius 3 is 2.81 bits per heavy atom. The summed E-state index contributed by atoms with van der Waals surface area (Å²) in [7, 11) is 0. The maximum atomic E-state index is 10.1. The van der Waals surface area contributed by atoms with Gasteiger partial charge in [0.1, 0.15) is 0 Å². The minimum Gasteiger partial charge on any atom is -0.388 e. The monoisotopic (exact) mass is 252 g/mol. The molecule has 1 aromatic carbocycles. The fourth-order valence-corrected chi connectivity index (χ4v) is 2.66. The van der Waals surface area contributed by atoms with Crippen molar-refractivity contribution in [1.29, 1.82) is 0 Å². The number of aliphatic hydroxyl groups excluding tert-OH is 1. The van der Waals surface area contributed by atoms with Crippen LogP contribution < -0.4 is 0 Å². The lowest BCUT2D eigenvalue weighted by Gasteiger charge is -2.13. The molecule has 3 heteroatoms. The molecule has 0 aliphatic heterocycles. The van der Waals surface area contributed by atoms with Crippen molar-refractivity contribution in [2.24, 2.45) is 0 Å². The van der Waals surface area contributed by atoms with Crippen LogP contribution in [0, 0.1) is 6.92 Å². The summed E-state index contributed by atoms with van der Waals surface area (Å²) in [6, 6.07) is 7.64. The molecular formula is C13H13ClOS. The second kappa shape index (κ2) is 5.00. The number of hydrogen-bond acceptors (Lipinski definition) is 2. The first kappa shape index (κ1) is 11.6. The van der Waals surface area contributed by atoms with E-state index < -0.39 is 6.10 Å². The highest BCUT2D eigenvalue weighted by atomic mass is 35.5. The van der Waals surface area contributed by atoms with E-state index in [2.05, 4.69) is 5.38 Å². The molecule has 1 nitrogen and oxygen atoms in total. The van der Waals surface area contributed by atoms with Crippen LogP contribution in [-0.4, -0.2) is 5.11 Å². The molecular weight excluding hydrogens is 240 g/mol. The van der Waals surface area contributed by atoms with Crippen LogP contribution in [0.3, 0.4) is 0 Å². The van der Waals surface area contributed by atoms with Crippen LogP contribution in [0.4, 0.5) is 0 Å². The van der Waals surface area contributed by atoms with Gasteiger partial charge in [-0.05, 0) is 52.6 Å². The van der Waals surface area contributed by atoms with Gasteiger partial charge >= 0.3 is 0 Å². The molecule has 0 bridgehead atoms. The Hall–Kier alpha value is -0.830. The largest absolute Gasteiger partial charge is 0.388 e. The first-order chi connectivity index (χ1) is 7.66. The minimum atomic E-state index is -0.452. The van der Waals surface area contributed by atoms with E-state index in [1.165, 1.54) is 5.56 Å². The third-order valence-electron chi connectivity index (χ3n) is 2.60. The highest BCUT2D eigenvalue weighted by molar-refractivity contribution is 7.07. The zero-order chi connectivity index (χ0) is 11.5. The molecule has 0 fully saturated rings. The molecule has 16 heavy (non-hydrogen) atoms. The van der Waals surface area contributed by atoms with Gasteiger partial charge in [-0.3, -0.25) is 0 Å². The fourth-order valence-electron chi connectivity index (χ4n) is 1.76. The van der Waals surface area contributed by atoms with Gasteiger partial charge < -0.3 is 5.11 Å². The van der Waals surface area contributed by atoms with Crippen molar-refractivity contribution in [1.82, 2.24) is 0 Å². The number of aliphatic hydroxyl groups is 1. The Kier molecular flexibility index (Phi) is 3.64. The van der Waals surface area contributed by atoms with E-state index in [1.807, 2.05) is 36.6 Å². The predicted molar refractivity (Wildman–Crippen MR) is 69.2 cm³/mol. The van der Waals surface area contributed by atoms with Crippen LogP contribution in [0.15, 0.2) is 35.0 Å². The molecule has 1 unspecified atom stereocenters. The summed E-state index contributed by atoms with van der Waals surface area (Å²) >= 11 is 7.54. The first-order valence-electron chi connectivity index (χ1n) is 5.12. The lowest BCUT2D eigenvalue weighted by Crippen LogP contribution is -2.03. The number of hydrogen-bond donors (Lipinski definition) is 1. The Bertz CT molecular complexity index is 465. The van der Waals surface area contributed by atoms with Crippen molar-refractivity contribution >= 4 is 22.9 Å². The summed E-state index contributed by atoms with van der Waals surface area (Å²) in [5.41, 5.74) is 3.16. The van der Waals surface area contributed by atoms with Crippen LogP contribution in [-0.2, 0) is 6.42 Å². The molecule has 0 saturated carbocycles. The number of rotatable bonds is 3. The third-order valence-corrected chi connectivity index (χ3v) is 3.57. The lowest BCUT2D eigenvalue weighted by atomic mass is 9.99. The molecule has 2 aromatic rings. The number of halogens is 1. The topological polar surface area (TPSA) is 20.2 Å². The van der Waals surface area contributed by atoms with Crippen LogP contribution in [0.5, 0.6) is 0 Å². The SMILES string of the molecule is Cc1cc(Cl)ccc1C(O)Cc1ccsc1. The zero-order valence-electron chi connectivity index (χ0n) is 8.98. The van der Waals surface area contributed by atoms with Gasteiger partial charge in [0, 0.05) is 11.4 Å². The van der Waals surface area contributed by atoms with Crippen LogP contribution in [0.25, 0.3) is 0 Å². The second-order valence-corrected chi connectivity index (χ2v) is 5.07. The summed E-state index contributed by atoms with van der Waals surface area (Å²) < 4.78 is 0. The van der Waals surface area contributed by atoms with Gasteiger partial charge in [0.25, 0.3) is 0 Å². The van der Waals surface area contributed by atoms with Crippen molar-refractivity contribution in [2.45, 2.75) is 19.4 Å². The van der Waals surface area contributed by atoms with Crippen molar-refractivity contribution in [3.8, 4) is 0 Å². The van der Waals surface area contributed by atoms with Gasteiger partial charge in [0.2, 0.25) is 0 Å². The molecule has 0 aliphatic rings. The predicted octanol–water partition coefficient (Wildman–Crippen LogP) is 3.99. The highest BCUT2D eigenvalue weighted by Gasteiger charge is 2.11. The molecule has 1 N–H and O–H groups in total. The molecule has 1 heterocycles. The van der Waals surface area contributed by atoms with Gasteiger partial charge in [0.05, 0.1) is 6.10 Å². The quantitative estimate of drug-likeness (QED) is 0.876. The van der Waals surface area contributed by atoms with Gasteiger partial charge in [-0.1, -0.05) is 17.7 Å². The Labute approximate surface area is 104 Å². The highest BCUT2D eigenvalue weighted by Crippen LogP contribution is 2.24. The summed E-state index contributed by atoms with van der Waals surface area (Å²) in [4.78, 5) is 0. The second-order valence-electron chi connectivity index (χ2n) is 3.85. The summed E-state index contributed by atoms with van der Waals surface area (Å²) in [6.07, 6.45) is 0.207. The molecule has 0 amide bonds. The van der Waals surface area contributed by atoms with Gasteiger partial charge in [-0.15, -0.1) is 0 Å². The number of thiophene rings is 1. The minimum absolute atomic E-state index is 0.452. The summed E-state index contributed by atoms with van der Waals surface area (Å²) in [6.45, 7) is 1.97. The fraction of sp³-hybridized carbons (Fsp3) is 0.231. The lowest BCUT2D eigenvalue weighted by molar-refractivity contribution is 0.178. The summed E-state index contributed by atoms with van der Waals surface area (Å²) in [5.74, 6) is 0. The van der Waals surface area contributed by atoms with Gasteiger partial charge in [-0.25, -0.2) is 0 Å². The van der Waals surface area contributed by atoms with Crippen LogP contribution >= 0.6 is 22.9 Å². The molecule has 0 aliphatic carbocycles. The van der Waals surface area contributed by atoms with E-state index >= 15 is 0 Å². The van der Waals surface area contributed by atoms with Gasteiger partial charge in [-0.2, -0.15) is 11.3 Å². The zero-order valence-corrected chi connectivity index (χ0v) is 10.6. The number of aryl methyl sites for hydroxylation is 1. The average molecular weight is 253 g/mol. The van der Waals surface area contributed by atoms with E-state index in [0.717, 1.165) is 11.1 Å². The van der Waals surface area contributed by atoms with Crippen molar-refractivity contribution < 1.29 is 5.11 Å². The smallest absolute Gasteiger partial charge is 0.0833 e. The Morgan fingerprint density at radius 2 is 2.19 bits per heavy atom. The van der Waals surface area contributed by atoms with E-state index in [0.29, 0.717) is 11.4 Å². The molecule has 0 saturated heterocycles. The Balaban J connectivity index is 2.17. The van der Waals surface area contributed by atoms with Crippen LogP contribution in [0.2, 0.25) is 5.02 Å². The van der Waals surface area contributed by atoms with E-state index in [1.54, 1.807) is 11.3 Å². The van der Waals surface area contributed by atoms with Crippen molar-refractivity contribution in [2.75, 3.05) is 0 Å². The standard InChI is InChI=1S/C13H13ClOS/c1-9-6-11(14)2-3-12(9)13(15)7-10-4-5-16-8-10/h2-6,8,13,15H,7H2,1H3. The summed E-state index contributed by atoms with van der Waals surface area (Å²) in [5, 5.41) is 14.9. The number of benzene rings is 1. The maximum absolute atomic E-state index is 10.1. The molecule has 2 rings (SSSR count). The van der Waals surface area contributed by atoms with E-state index in [4.69, 9.17) is 11.6 Å². The van der Waals surface area contributed by atoms with Gasteiger partial charge in [0.15, 0.2) is 0 Å². The van der Waals surface area contributed by atoms with Crippen LogP contribution in [0.1, 0.15) is 22.8 Å². The van der Waals surface area contributed by atoms with E-state index in [9.17, 15) is 5.11 Å². The van der Waals surface area contributed by atoms with Crippen molar-refractivity contribution in [3.05, 3.63) is 56.7 Å². The molecule has 0 spiro atoms. The maximum Gasteiger partial charge on any atom is 0.0833 e. The molecule has 1 atom stereocenters. The first-order valence-corrected chi connectivity index (χ1v) is 6.44. The van der Waals surface area contributed by atoms with E-state index in [-0.39, 0.29) is 0 Å². The average Bonchev–Trinajstić information content (AvgIpc) is 2.70. The molecule has 1 aromatic heterocycles. The normalized spacial score (nSPS) is 12.7. The molecule has 0 radical (unpaired) electrons. The van der Waals surface area contributed by atoms with Crippen molar-refractivity contribution in [3.63, 3.8) is 0 Å². The third kappa shape index (κ3) is 2.64. The Morgan fingerprint density at radius 1 is 1.38 bits per heavy atom. The molecule has 84 valence electrons.